The summed E-state index contributed by atoms with van der Waals surface area (Å²) in [6.45, 7) is -3.27. The molecule has 0 radical (unpaired) electrons. The van der Waals surface area contributed by atoms with Crippen molar-refractivity contribution in [3.8, 4) is 0 Å². The Kier molecular flexibility index (Phi) is 14.2. The predicted molar refractivity (Wildman–Crippen MR) is 163 cm³/mol. The number of nitrogens with two attached hydrogens (primary N) is 2. The van der Waals surface area contributed by atoms with Gasteiger partial charge in [0, 0.05) is 33.3 Å². The van der Waals surface area contributed by atoms with Crippen LogP contribution in [0.1, 0.15) is 39.4 Å². The molecule has 0 bridgehead atoms. The van der Waals surface area contributed by atoms with Gasteiger partial charge in [-0.3, -0.25) is 23.7 Å². The van der Waals surface area contributed by atoms with E-state index in [0.29, 0.717) is 4.68 Å². The highest BCUT2D eigenvalue weighted by Gasteiger charge is 2.57. The Morgan fingerprint density at radius 3 is 2.08 bits per heavy atom. The molecule has 0 spiro atoms. The Hall–Kier alpha value is -3.19. The van der Waals surface area contributed by atoms with Crippen LogP contribution in [0, 0.1) is 0 Å². The molecule has 23 nitrogen and oxygen atoms in total. The van der Waals surface area contributed by atoms with E-state index in [9.17, 15) is 48.5 Å². The molecule has 27 heteroatoms. The van der Waals surface area contributed by atoms with Crippen molar-refractivity contribution < 1.29 is 94.7 Å². The number of rotatable bonds is 14. The second kappa shape index (κ2) is 17.1. The third-order valence-corrected chi connectivity index (χ3v) is 10.3. The number of nitrogen functional groups attached to an aromatic ring is 1. The van der Waals surface area contributed by atoms with Gasteiger partial charge in [0.05, 0.1) is 12.8 Å². The van der Waals surface area contributed by atoms with Crippen molar-refractivity contribution in [2.75, 3.05) is 18.9 Å². The summed E-state index contributed by atoms with van der Waals surface area (Å²) in [5.74, 6) is -4.56. The van der Waals surface area contributed by atoms with Gasteiger partial charge in [0.1, 0.15) is 42.9 Å². The molecule has 3 unspecified atom stereocenters. The lowest BCUT2D eigenvalue weighted by atomic mass is 9.95. The number of aliphatic hydroxyl groups excluding tert-OH is 2. The molecule has 8 N–H and O–H groups in total. The standard InChI is InChI=1S/C24H35FN4O19P2S/c1-8(30)40-6-13(25)18-19(42-9(2)31)20(43-10(3)32)21(44-11(4)33)23(46-18)47-49(37,38)48-50(39,51)41-7-14-15(34)16(35)17(45-14)12-5-28-29(22(12)26)24(27)36/h5,13-21,23,34-35H,6-7,26H2,1-4H3,(H2,27,36)(H,37,38)(H,39,51)/t13-,14+,15+,16+,17?,18+,19+,20-,21-,23-,50?/m0/s1. The Labute approximate surface area is 291 Å². The first-order chi connectivity index (χ1) is 23.5. The number of aliphatic hydroxyl groups is 2. The maximum Gasteiger partial charge on any atom is 0.481 e. The topological polar surface area (TPSA) is 336 Å². The van der Waals surface area contributed by atoms with Crippen molar-refractivity contribution in [3.63, 3.8) is 0 Å². The quantitative estimate of drug-likeness (QED) is 0.0697. The highest BCUT2D eigenvalue weighted by Crippen LogP contribution is 2.62. The van der Waals surface area contributed by atoms with Crippen molar-refractivity contribution in [3.05, 3.63) is 11.8 Å². The number of anilines is 1. The summed E-state index contributed by atoms with van der Waals surface area (Å²) in [5.41, 5.74) is 10.9. The summed E-state index contributed by atoms with van der Waals surface area (Å²) in [5, 5.41) is 24.6. The number of halogens is 1. The normalized spacial score (nSPS) is 30.6. The molecule has 0 aliphatic carbocycles. The number of nitrogens with zero attached hydrogens (tertiary/aromatic N) is 2. The lowest BCUT2D eigenvalue weighted by Crippen LogP contribution is -2.64. The van der Waals surface area contributed by atoms with Crippen molar-refractivity contribution in [2.24, 2.45) is 5.73 Å². The zero-order chi connectivity index (χ0) is 38.6. The first kappa shape index (κ1) is 42.2. The second-order valence-electron chi connectivity index (χ2n) is 10.7. The lowest BCUT2D eigenvalue weighted by molar-refractivity contribution is -0.296. The summed E-state index contributed by atoms with van der Waals surface area (Å²) in [6, 6.07) is -1.06. The molecule has 288 valence electrons. The number of hydrogen-bond acceptors (Lipinski definition) is 20. The Morgan fingerprint density at radius 1 is 0.980 bits per heavy atom. The Morgan fingerprint density at radius 2 is 1.55 bits per heavy atom. The monoisotopic (exact) mass is 796 g/mol. The first-order valence-electron chi connectivity index (χ1n) is 14.3. The Balaban J connectivity index is 1.82. The molecular formula is C24H35FN4O19P2S. The van der Waals surface area contributed by atoms with Crippen LogP contribution in [0.2, 0.25) is 0 Å². The molecule has 1 aromatic heterocycles. The molecule has 2 aliphatic heterocycles. The summed E-state index contributed by atoms with van der Waals surface area (Å²) in [4.78, 5) is 79.8. The number of carbonyl (C=O) groups excluding carboxylic acids is 5. The number of phosphoric acid groups is 1. The largest absolute Gasteiger partial charge is 0.481 e. The van der Waals surface area contributed by atoms with Gasteiger partial charge in [0.2, 0.25) is 6.29 Å². The zero-order valence-corrected chi connectivity index (χ0v) is 29.5. The van der Waals surface area contributed by atoms with Gasteiger partial charge in [-0.2, -0.15) is 9.78 Å². The van der Waals surface area contributed by atoms with Crippen LogP contribution < -0.4 is 11.5 Å². The molecule has 0 saturated carbocycles. The molecule has 3 heterocycles. The third kappa shape index (κ3) is 11.2. The maximum atomic E-state index is 15.4. The van der Waals surface area contributed by atoms with Crippen molar-refractivity contribution in [1.29, 1.82) is 0 Å². The van der Waals surface area contributed by atoms with E-state index in [1.165, 1.54) is 0 Å². The number of carbonyl (C=O) groups is 5. The number of hydrogen-bond donors (Lipinski definition) is 6. The predicted octanol–water partition coefficient (Wildman–Crippen LogP) is -1.66. The minimum atomic E-state index is -5.75. The van der Waals surface area contributed by atoms with E-state index in [4.69, 9.17) is 56.0 Å². The fourth-order valence-corrected chi connectivity index (χ4v) is 7.95. The number of amides is 1. The van der Waals surface area contributed by atoms with Crippen molar-refractivity contribution in [1.82, 2.24) is 9.78 Å². The molecule has 12 atom stereocenters. The molecule has 3 rings (SSSR count). The van der Waals surface area contributed by atoms with E-state index < -0.39 is 119 Å². The molecule has 1 aromatic rings. The number of primary amides is 1. The van der Waals surface area contributed by atoms with Gasteiger partial charge in [-0.1, -0.05) is 0 Å². The molecule has 1 amide bonds. The molecule has 2 fully saturated rings. The van der Waals surface area contributed by atoms with Gasteiger partial charge in [-0.15, -0.1) is 0 Å². The van der Waals surface area contributed by atoms with Crippen LogP contribution in [0.3, 0.4) is 0 Å². The number of ether oxygens (including phenoxy) is 6. The number of aromatic nitrogens is 2. The Bertz CT molecular complexity index is 1580. The number of alkyl halides is 1. The summed E-state index contributed by atoms with van der Waals surface area (Å²) in [6.07, 6.45) is -18.2. The molecule has 2 aliphatic rings. The van der Waals surface area contributed by atoms with Crippen LogP contribution in [0.4, 0.5) is 15.0 Å². The summed E-state index contributed by atoms with van der Waals surface area (Å²) < 4.78 is 74.5. The van der Waals surface area contributed by atoms with Gasteiger partial charge in [0.15, 0.2) is 24.5 Å². The molecule has 0 aromatic carbocycles. The van der Waals surface area contributed by atoms with Crippen LogP contribution in [-0.2, 0) is 77.3 Å². The SMILES string of the molecule is CC(=O)OC[C@H](F)[C@H]1O[C@@H](OP(=O)(O)OP(O)(=S)OC[C@H]2OC(c3cnn(C(N)=O)c3N)[C@H](O)[C@@H]2O)[C@@H](OC(C)=O)[C@@H](OC(C)=O)[C@@H]1OC(C)=O. The third-order valence-electron chi connectivity index (χ3n) is 6.80. The van der Waals surface area contributed by atoms with Crippen LogP contribution in [0.25, 0.3) is 0 Å². The van der Waals surface area contributed by atoms with E-state index in [1.807, 2.05) is 0 Å². The van der Waals surface area contributed by atoms with E-state index in [-0.39, 0.29) is 11.4 Å². The van der Waals surface area contributed by atoms with Gasteiger partial charge < -0.3 is 64.4 Å². The van der Waals surface area contributed by atoms with Crippen molar-refractivity contribution in [2.45, 2.75) is 89.0 Å². The molecular weight excluding hydrogens is 761 g/mol. The van der Waals surface area contributed by atoms with Crippen LogP contribution in [0.5, 0.6) is 0 Å². The second-order valence-corrected chi connectivity index (χ2v) is 15.1. The molecule has 51 heavy (non-hydrogen) atoms. The zero-order valence-electron chi connectivity index (χ0n) is 26.9. The van der Waals surface area contributed by atoms with E-state index in [0.717, 1.165) is 33.9 Å². The molecule has 2 saturated heterocycles. The van der Waals surface area contributed by atoms with Gasteiger partial charge >= 0.3 is 44.4 Å². The summed E-state index contributed by atoms with van der Waals surface area (Å²) in [7, 11) is -5.75. The fraction of sp³-hybridized carbons (Fsp3) is 0.667. The number of esters is 4. The number of phosphoric ester groups is 1. The maximum absolute atomic E-state index is 15.4. The average Bonchev–Trinajstić information content (AvgIpc) is 3.50. The lowest BCUT2D eigenvalue weighted by Gasteiger charge is -2.44. The minimum absolute atomic E-state index is 0.0599. The smallest absolute Gasteiger partial charge is 0.463 e. The minimum Gasteiger partial charge on any atom is -0.463 e. The fourth-order valence-electron chi connectivity index (χ4n) is 4.85. The van der Waals surface area contributed by atoms with E-state index in [2.05, 4.69) is 14.1 Å². The first-order valence-corrected chi connectivity index (χ1v) is 18.4. The van der Waals surface area contributed by atoms with E-state index >= 15 is 4.39 Å². The highest BCUT2D eigenvalue weighted by atomic mass is 32.5. The van der Waals surface area contributed by atoms with Gasteiger partial charge in [-0.05, 0) is 11.8 Å². The van der Waals surface area contributed by atoms with Crippen LogP contribution >= 0.6 is 14.5 Å². The highest BCUT2D eigenvalue weighted by molar-refractivity contribution is 8.08. The van der Waals surface area contributed by atoms with Crippen LogP contribution in [0.15, 0.2) is 6.20 Å². The summed E-state index contributed by atoms with van der Waals surface area (Å²) >= 11 is 4.77. The van der Waals surface area contributed by atoms with Crippen molar-refractivity contribution >= 4 is 62.1 Å². The van der Waals surface area contributed by atoms with E-state index in [1.54, 1.807) is 0 Å². The average molecular weight is 797 g/mol. The van der Waals surface area contributed by atoms with Gasteiger partial charge in [0.25, 0.3) is 0 Å². The van der Waals surface area contributed by atoms with Crippen LogP contribution in [-0.4, -0.2) is 128 Å². The van der Waals surface area contributed by atoms with Gasteiger partial charge in [-0.25, -0.2) is 18.1 Å².